The van der Waals surface area contributed by atoms with Crippen LogP contribution in [0.3, 0.4) is 0 Å². The highest BCUT2D eigenvalue weighted by molar-refractivity contribution is 5.35. The van der Waals surface area contributed by atoms with Gasteiger partial charge in [0.2, 0.25) is 0 Å². The van der Waals surface area contributed by atoms with Gasteiger partial charge in [-0.15, -0.1) is 5.10 Å². The SMILES string of the molecule is N#Cc1ccc(OCc2ccc(C(F)(F)C(O)(Cn3cnnn3)c3ccc(F)cc3F)nc2)cc1. The maximum atomic E-state index is 15.7. The summed E-state index contributed by atoms with van der Waals surface area (Å²) < 4.78 is 65.7. The Morgan fingerprint density at radius 2 is 1.83 bits per heavy atom. The van der Waals surface area contributed by atoms with Crippen LogP contribution in [-0.2, 0) is 24.7 Å². The number of nitriles is 1. The van der Waals surface area contributed by atoms with E-state index in [0.29, 0.717) is 22.9 Å². The van der Waals surface area contributed by atoms with Crippen molar-refractivity contribution >= 4 is 0 Å². The summed E-state index contributed by atoms with van der Waals surface area (Å²) in [5.74, 6) is -6.05. The number of alkyl halides is 2. The lowest BCUT2D eigenvalue weighted by atomic mass is 9.84. The largest absolute Gasteiger partial charge is 0.489 e. The van der Waals surface area contributed by atoms with Crippen LogP contribution in [-0.4, -0.2) is 30.3 Å². The highest BCUT2D eigenvalue weighted by Gasteiger charge is 2.57. The number of aliphatic hydroxyl groups is 1. The minimum atomic E-state index is -4.15. The van der Waals surface area contributed by atoms with Crippen LogP contribution in [0.4, 0.5) is 17.6 Å². The zero-order valence-electron chi connectivity index (χ0n) is 17.8. The Morgan fingerprint density at radius 3 is 2.43 bits per heavy atom. The number of aromatic nitrogens is 5. The van der Waals surface area contributed by atoms with Crippen molar-refractivity contribution in [3.63, 3.8) is 0 Å². The molecule has 1 unspecified atom stereocenters. The molecule has 2 aromatic heterocycles. The molecule has 0 fully saturated rings. The minimum Gasteiger partial charge on any atom is -0.489 e. The maximum absolute atomic E-state index is 15.7. The van der Waals surface area contributed by atoms with Crippen LogP contribution in [0.1, 0.15) is 22.4 Å². The molecule has 2 heterocycles. The first kappa shape index (κ1) is 23.8. The Hall–Kier alpha value is -4.37. The number of benzene rings is 2. The summed E-state index contributed by atoms with van der Waals surface area (Å²) in [6.45, 7) is -0.951. The van der Waals surface area contributed by atoms with E-state index in [4.69, 9.17) is 10.00 Å². The zero-order valence-corrected chi connectivity index (χ0v) is 17.8. The second-order valence-electron chi connectivity index (χ2n) is 7.54. The molecule has 0 saturated heterocycles. The van der Waals surface area contributed by atoms with Crippen molar-refractivity contribution in [3.05, 3.63) is 101 Å². The molecule has 1 N–H and O–H groups in total. The predicted octanol–water partition coefficient (Wildman–Crippen LogP) is 3.48. The highest BCUT2D eigenvalue weighted by Crippen LogP contribution is 2.46. The number of tetrazole rings is 1. The average Bonchev–Trinajstić information content (AvgIpc) is 3.36. The van der Waals surface area contributed by atoms with Gasteiger partial charge in [-0.05, 0) is 52.9 Å². The molecule has 1 atom stereocenters. The Balaban J connectivity index is 1.61. The molecule has 0 radical (unpaired) electrons. The van der Waals surface area contributed by atoms with E-state index < -0.39 is 41.0 Å². The molecule has 0 spiro atoms. The highest BCUT2D eigenvalue weighted by atomic mass is 19.3. The molecule has 0 aliphatic rings. The maximum Gasteiger partial charge on any atom is 0.323 e. The van der Waals surface area contributed by atoms with Gasteiger partial charge in [0.05, 0.1) is 18.2 Å². The van der Waals surface area contributed by atoms with E-state index in [-0.39, 0.29) is 6.61 Å². The molecule has 4 rings (SSSR count). The number of pyridine rings is 1. The fraction of sp³-hybridized carbons (Fsp3) is 0.174. The number of halogens is 4. The second-order valence-corrected chi connectivity index (χ2v) is 7.54. The van der Waals surface area contributed by atoms with Gasteiger partial charge in [0.15, 0.2) is 5.60 Å². The van der Waals surface area contributed by atoms with E-state index in [1.54, 1.807) is 24.3 Å². The van der Waals surface area contributed by atoms with Crippen molar-refractivity contribution in [2.75, 3.05) is 0 Å². The Kier molecular flexibility index (Phi) is 6.44. The molecule has 4 aromatic rings. The molecule has 178 valence electrons. The van der Waals surface area contributed by atoms with E-state index in [0.717, 1.165) is 35.4 Å². The smallest absolute Gasteiger partial charge is 0.323 e. The molecule has 0 aliphatic heterocycles. The number of hydrogen-bond acceptors (Lipinski definition) is 7. The quantitative estimate of drug-likeness (QED) is 0.382. The predicted molar refractivity (Wildman–Crippen MR) is 112 cm³/mol. The molecule has 0 aliphatic carbocycles. The number of nitrogens with zero attached hydrogens (tertiary/aromatic N) is 6. The van der Waals surface area contributed by atoms with E-state index >= 15 is 8.78 Å². The summed E-state index contributed by atoms with van der Waals surface area (Å²) in [6.07, 6.45) is 2.10. The van der Waals surface area contributed by atoms with Gasteiger partial charge >= 0.3 is 5.92 Å². The first-order chi connectivity index (χ1) is 16.7. The number of ether oxygens (including phenoxy) is 1. The van der Waals surface area contributed by atoms with Crippen molar-refractivity contribution in [2.45, 2.75) is 24.7 Å². The summed E-state index contributed by atoms with van der Waals surface area (Å²) in [6, 6.07) is 12.5. The van der Waals surface area contributed by atoms with Crippen LogP contribution in [0.2, 0.25) is 0 Å². The summed E-state index contributed by atoms with van der Waals surface area (Å²) in [4.78, 5) is 3.77. The zero-order chi connectivity index (χ0) is 25.1. The first-order valence-corrected chi connectivity index (χ1v) is 10.1. The molecule has 12 heteroatoms. The van der Waals surface area contributed by atoms with Gasteiger partial charge < -0.3 is 9.84 Å². The van der Waals surface area contributed by atoms with Crippen LogP contribution >= 0.6 is 0 Å². The van der Waals surface area contributed by atoms with E-state index in [1.807, 2.05) is 6.07 Å². The summed E-state index contributed by atoms with van der Waals surface area (Å²) in [5, 5.41) is 30.1. The van der Waals surface area contributed by atoms with E-state index in [9.17, 15) is 13.9 Å². The lowest BCUT2D eigenvalue weighted by Crippen LogP contribution is -2.48. The molecule has 35 heavy (non-hydrogen) atoms. The van der Waals surface area contributed by atoms with Crippen LogP contribution in [0.5, 0.6) is 5.75 Å². The van der Waals surface area contributed by atoms with E-state index in [2.05, 4.69) is 20.5 Å². The third-order valence-corrected chi connectivity index (χ3v) is 5.21. The monoisotopic (exact) mass is 484 g/mol. The second kappa shape index (κ2) is 9.47. The number of rotatable bonds is 8. The van der Waals surface area contributed by atoms with Crippen LogP contribution in [0, 0.1) is 23.0 Å². The number of hydrogen-bond donors (Lipinski definition) is 1. The Labute approximate surface area is 196 Å². The van der Waals surface area contributed by atoms with Crippen molar-refractivity contribution < 1.29 is 27.4 Å². The van der Waals surface area contributed by atoms with Gasteiger partial charge in [-0.25, -0.2) is 13.5 Å². The van der Waals surface area contributed by atoms with Crippen LogP contribution < -0.4 is 4.74 Å². The third-order valence-electron chi connectivity index (χ3n) is 5.21. The molecule has 0 bridgehead atoms. The summed E-state index contributed by atoms with van der Waals surface area (Å²) in [7, 11) is 0. The minimum absolute atomic E-state index is 0.00770. The van der Waals surface area contributed by atoms with Crippen molar-refractivity contribution in [2.24, 2.45) is 0 Å². The average molecular weight is 484 g/mol. The van der Waals surface area contributed by atoms with Crippen molar-refractivity contribution in [3.8, 4) is 11.8 Å². The summed E-state index contributed by atoms with van der Waals surface area (Å²) >= 11 is 0. The fourth-order valence-electron chi connectivity index (χ4n) is 3.37. The topological polar surface area (TPSA) is 110 Å². The normalized spacial score (nSPS) is 13.1. The van der Waals surface area contributed by atoms with Gasteiger partial charge in [-0.1, -0.05) is 6.07 Å². The standard InChI is InChI=1S/C23H16F4N6O2/c24-17-4-7-19(20(25)9-17)22(34,13-33-14-30-31-32-33)23(26,27)21-8-3-16(11-29-21)12-35-18-5-1-15(10-28)2-6-18/h1-9,11,14,34H,12-13H2. The van der Waals surface area contributed by atoms with Gasteiger partial charge in [0.1, 0.15) is 36.0 Å². The molecular weight excluding hydrogens is 468 g/mol. The van der Waals surface area contributed by atoms with E-state index in [1.165, 1.54) is 6.07 Å². The third kappa shape index (κ3) is 4.80. The molecule has 2 aromatic carbocycles. The molecule has 0 saturated carbocycles. The molecule has 0 amide bonds. The lowest BCUT2D eigenvalue weighted by molar-refractivity contribution is -0.207. The lowest BCUT2D eigenvalue weighted by Gasteiger charge is -2.35. The molecule has 8 nitrogen and oxygen atoms in total. The van der Waals surface area contributed by atoms with Gasteiger partial charge in [0.25, 0.3) is 0 Å². The summed E-state index contributed by atoms with van der Waals surface area (Å²) in [5.41, 5.74) is -4.04. The molecular formula is C23H16F4N6O2. The van der Waals surface area contributed by atoms with Crippen molar-refractivity contribution in [1.82, 2.24) is 25.2 Å². The van der Waals surface area contributed by atoms with Gasteiger partial charge in [-0.2, -0.15) is 14.0 Å². The first-order valence-electron chi connectivity index (χ1n) is 10.1. The van der Waals surface area contributed by atoms with Crippen LogP contribution in [0.15, 0.2) is 67.1 Å². The Bertz CT molecular complexity index is 1340. The fourth-order valence-corrected chi connectivity index (χ4v) is 3.37. The van der Waals surface area contributed by atoms with Gasteiger partial charge in [-0.3, -0.25) is 4.98 Å². The van der Waals surface area contributed by atoms with Crippen molar-refractivity contribution in [1.29, 1.82) is 5.26 Å². The Morgan fingerprint density at radius 1 is 1.06 bits per heavy atom. The van der Waals surface area contributed by atoms with Gasteiger partial charge in [0, 0.05) is 23.4 Å². The van der Waals surface area contributed by atoms with Crippen LogP contribution in [0.25, 0.3) is 0 Å².